The van der Waals surface area contributed by atoms with Gasteiger partial charge < -0.3 is 19.1 Å². The molecule has 0 bridgehead atoms. The number of methoxy groups -OCH3 is 1. The van der Waals surface area contributed by atoms with Gasteiger partial charge in [-0.05, 0) is 26.7 Å². The van der Waals surface area contributed by atoms with Gasteiger partial charge in [0.1, 0.15) is 0 Å². The molecule has 136 valence electrons. The Labute approximate surface area is 145 Å². The highest BCUT2D eigenvalue weighted by molar-refractivity contribution is 6.22. The molecular formula is C16H31ClN2O4. The number of nitrogens with zero attached hydrogens (tertiary/aromatic N) is 2. The number of rotatable bonds is 13. The molecule has 0 N–H and O–H groups in total. The first-order valence-corrected chi connectivity index (χ1v) is 8.72. The van der Waals surface area contributed by atoms with Gasteiger partial charge in [-0.25, -0.2) is 9.21 Å². The molecule has 2 amide bonds. The lowest BCUT2D eigenvalue weighted by molar-refractivity contribution is 0.0239. The number of amides is 2. The molecular weight excluding hydrogens is 320 g/mol. The molecule has 1 heterocycles. The van der Waals surface area contributed by atoms with Crippen LogP contribution in [0.15, 0.2) is 0 Å². The Kier molecular flexibility index (Phi) is 9.86. The summed E-state index contributed by atoms with van der Waals surface area (Å²) < 4.78 is 17.0. The lowest BCUT2D eigenvalue weighted by Crippen LogP contribution is -2.34. The zero-order valence-corrected chi connectivity index (χ0v) is 15.4. The van der Waals surface area contributed by atoms with Gasteiger partial charge in [0.15, 0.2) is 0 Å². The molecule has 1 aliphatic heterocycles. The van der Waals surface area contributed by atoms with E-state index in [9.17, 15) is 4.79 Å². The molecule has 7 heteroatoms. The highest BCUT2D eigenvalue weighted by Gasteiger charge is 2.42. The van der Waals surface area contributed by atoms with Crippen LogP contribution in [0.5, 0.6) is 0 Å². The third-order valence-corrected chi connectivity index (χ3v) is 4.42. The summed E-state index contributed by atoms with van der Waals surface area (Å²) in [6.45, 7) is 8.68. The van der Waals surface area contributed by atoms with E-state index in [1.807, 2.05) is 18.7 Å². The summed E-state index contributed by atoms with van der Waals surface area (Å²) in [5, 5.41) is 0. The second-order valence-electron chi connectivity index (χ2n) is 6.43. The Bertz CT molecular complexity index is 342. The van der Waals surface area contributed by atoms with E-state index in [4.69, 9.17) is 26.0 Å². The van der Waals surface area contributed by atoms with Crippen molar-refractivity contribution in [1.82, 2.24) is 9.32 Å². The van der Waals surface area contributed by atoms with Gasteiger partial charge in [-0.15, -0.1) is 0 Å². The van der Waals surface area contributed by atoms with Crippen molar-refractivity contribution in [1.29, 1.82) is 0 Å². The van der Waals surface area contributed by atoms with E-state index >= 15 is 0 Å². The van der Waals surface area contributed by atoms with Gasteiger partial charge in [-0.2, -0.15) is 0 Å². The standard InChI is InChI=1S/C16H31ClN2O4/c1-16(2)14-18(15(20)19(16)17)8-6-4-5-7-9-22-12-13-23-11-10-21-3/h4-14H2,1-3H3. The van der Waals surface area contributed by atoms with E-state index in [2.05, 4.69) is 0 Å². The van der Waals surface area contributed by atoms with Crippen LogP contribution in [0, 0.1) is 0 Å². The van der Waals surface area contributed by atoms with Gasteiger partial charge in [-0.1, -0.05) is 12.8 Å². The molecule has 0 aromatic rings. The third kappa shape index (κ3) is 7.70. The van der Waals surface area contributed by atoms with Gasteiger partial charge in [0, 0.05) is 38.6 Å². The molecule has 0 aliphatic carbocycles. The predicted octanol–water partition coefficient (Wildman–Crippen LogP) is 2.90. The highest BCUT2D eigenvalue weighted by atomic mass is 35.5. The summed E-state index contributed by atoms with van der Waals surface area (Å²) in [5.41, 5.74) is -0.280. The van der Waals surface area contributed by atoms with Crippen molar-refractivity contribution in [3.05, 3.63) is 0 Å². The summed E-state index contributed by atoms with van der Waals surface area (Å²) >= 11 is 6.01. The first-order chi connectivity index (χ1) is 11.0. The van der Waals surface area contributed by atoms with E-state index < -0.39 is 0 Å². The van der Waals surface area contributed by atoms with Crippen LogP contribution in [0.2, 0.25) is 0 Å². The molecule has 1 fully saturated rings. The van der Waals surface area contributed by atoms with E-state index in [-0.39, 0.29) is 11.6 Å². The maximum Gasteiger partial charge on any atom is 0.335 e. The quantitative estimate of drug-likeness (QED) is 0.378. The minimum atomic E-state index is -0.280. The van der Waals surface area contributed by atoms with Crippen LogP contribution in [0.25, 0.3) is 0 Å². The largest absolute Gasteiger partial charge is 0.382 e. The Morgan fingerprint density at radius 2 is 1.61 bits per heavy atom. The van der Waals surface area contributed by atoms with E-state index in [0.717, 1.165) is 38.8 Å². The van der Waals surface area contributed by atoms with Crippen molar-refractivity contribution in [3.63, 3.8) is 0 Å². The van der Waals surface area contributed by atoms with Crippen molar-refractivity contribution in [2.45, 2.75) is 45.1 Å². The van der Waals surface area contributed by atoms with E-state index in [1.165, 1.54) is 4.42 Å². The van der Waals surface area contributed by atoms with E-state index in [1.54, 1.807) is 7.11 Å². The summed E-state index contributed by atoms with van der Waals surface area (Å²) in [7, 11) is 1.66. The van der Waals surface area contributed by atoms with Crippen LogP contribution in [-0.4, -0.2) is 74.1 Å². The molecule has 0 radical (unpaired) electrons. The molecule has 0 saturated carbocycles. The van der Waals surface area contributed by atoms with Gasteiger partial charge in [0.05, 0.1) is 32.0 Å². The number of ether oxygens (including phenoxy) is 3. The summed E-state index contributed by atoms with van der Waals surface area (Å²) in [6, 6.07) is -0.0755. The molecule has 0 spiro atoms. The Hall–Kier alpha value is -0.560. The maximum absolute atomic E-state index is 11.9. The zero-order valence-electron chi connectivity index (χ0n) is 14.7. The van der Waals surface area contributed by atoms with Gasteiger partial charge >= 0.3 is 6.03 Å². The first kappa shape index (κ1) is 20.5. The van der Waals surface area contributed by atoms with Gasteiger partial charge in [0.2, 0.25) is 0 Å². The molecule has 6 nitrogen and oxygen atoms in total. The van der Waals surface area contributed by atoms with Crippen LogP contribution in [0.1, 0.15) is 39.5 Å². The van der Waals surface area contributed by atoms with Crippen LogP contribution in [-0.2, 0) is 14.2 Å². The zero-order chi connectivity index (χ0) is 17.1. The average Bonchev–Trinajstić information content (AvgIpc) is 2.71. The van der Waals surface area contributed by atoms with E-state index in [0.29, 0.717) is 33.0 Å². The molecule has 0 unspecified atom stereocenters. The summed E-state index contributed by atoms with van der Waals surface area (Å²) in [5.74, 6) is 0. The van der Waals surface area contributed by atoms with Crippen LogP contribution < -0.4 is 0 Å². The lowest BCUT2D eigenvalue weighted by Gasteiger charge is -2.21. The lowest BCUT2D eigenvalue weighted by atomic mass is 10.1. The second kappa shape index (κ2) is 11.1. The Morgan fingerprint density at radius 3 is 2.22 bits per heavy atom. The van der Waals surface area contributed by atoms with Crippen molar-refractivity contribution < 1.29 is 19.0 Å². The van der Waals surface area contributed by atoms with Crippen LogP contribution >= 0.6 is 11.8 Å². The van der Waals surface area contributed by atoms with Crippen molar-refractivity contribution in [2.75, 3.05) is 53.2 Å². The minimum absolute atomic E-state index is 0.0755. The number of carbonyl (C=O) groups excluding carboxylic acids is 1. The number of hydrogen-bond acceptors (Lipinski definition) is 4. The van der Waals surface area contributed by atoms with Gasteiger partial charge in [0.25, 0.3) is 0 Å². The first-order valence-electron chi connectivity index (χ1n) is 8.38. The summed E-state index contributed by atoms with van der Waals surface area (Å²) in [6.07, 6.45) is 4.26. The Balaban J connectivity index is 1.90. The number of urea groups is 1. The fraction of sp³-hybridized carbons (Fsp3) is 0.938. The van der Waals surface area contributed by atoms with Crippen LogP contribution in [0.3, 0.4) is 0 Å². The predicted molar refractivity (Wildman–Crippen MR) is 90.7 cm³/mol. The van der Waals surface area contributed by atoms with Crippen molar-refractivity contribution >= 4 is 17.8 Å². The normalized spacial score (nSPS) is 17.3. The van der Waals surface area contributed by atoms with Crippen LogP contribution in [0.4, 0.5) is 4.79 Å². The molecule has 0 aromatic carbocycles. The molecule has 1 saturated heterocycles. The number of hydrogen-bond donors (Lipinski definition) is 0. The average molecular weight is 351 g/mol. The van der Waals surface area contributed by atoms with Crippen molar-refractivity contribution in [2.24, 2.45) is 0 Å². The molecule has 1 aliphatic rings. The molecule has 0 atom stereocenters. The Morgan fingerprint density at radius 1 is 1.00 bits per heavy atom. The minimum Gasteiger partial charge on any atom is -0.382 e. The maximum atomic E-state index is 11.9. The second-order valence-corrected chi connectivity index (χ2v) is 6.77. The van der Waals surface area contributed by atoms with Crippen molar-refractivity contribution in [3.8, 4) is 0 Å². The highest BCUT2D eigenvalue weighted by Crippen LogP contribution is 2.28. The molecule has 23 heavy (non-hydrogen) atoms. The number of unbranched alkanes of at least 4 members (excludes halogenated alkanes) is 3. The monoisotopic (exact) mass is 350 g/mol. The number of halogens is 1. The fourth-order valence-corrected chi connectivity index (χ4v) is 2.64. The third-order valence-electron chi connectivity index (χ3n) is 3.82. The number of carbonyl (C=O) groups is 1. The molecule has 0 aromatic heterocycles. The smallest absolute Gasteiger partial charge is 0.335 e. The molecule has 1 rings (SSSR count). The topological polar surface area (TPSA) is 51.2 Å². The summed E-state index contributed by atoms with van der Waals surface area (Å²) in [4.78, 5) is 13.8. The fourth-order valence-electron chi connectivity index (χ4n) is 2.48. The SMILES string of the molecule is COCCOCCOCCCCCCN1CC(C)(C)N(Cl)C1=O. The van der Waals surface area contributed by atoms with Gasteiger partial charge in [-0.3, -0.25) is 0 Å².